The predicted octanol–water partition coefficient (Wildman–Crippen LogP) is 2.94. The molecule has 0 radical (unpaired) electrons. The van der Waals surface area contributed by atoms with Crippen LogP contribution < -0.4 is 10.1 Å². The minimum atomic E-state index is -3.26. The number of carbonyl (C=O) groups is 1. The molecule has 0 fully saturated rings. The lowest BCUT2D eigenvalue weighted by Crippen LogP contribution is -2.37. The maximum Gasteiger partial charge on any atom is 0.262 e. The second-order valence-electron chi connectivity index (χ2n) is 6.67. The van der Waals surface area contributed by atoms with E-state index in [-0.39, 0.29) is 24.1 Å². The smallest absolute Gasteiger partial charge is 0.262 e. The van der Waals surface area contributed by atoms with Gasteiger partial charge in [-0.1, -0.05) is 13.0 Å². The number of carbonyl (C=O) groups excluding carboxylic acids is 1. The van der Waals surface area contributed by atoms with Crippen molar-refractivity contribution in [1.82, 2.24) is 4.31 Å². The quantitative estimate of drug-likeness (QED) is 0.767. The van der Waals surface area contributed by atoms with Crippen molar-refractivity contribution < 1.29 is 22.3 Å². The van der Waals surface area contributed by atoms with E-state index < -0.39 is 10.0 Å². The van der Waals surface area contributed by atoms with E-state index in [1.807, 2.05) is 13.0 Å². The van der Waals surface area contributed by atoms with Crippen molar-refractivity contribution in [1.29, 1.82) is 0 Å². The van der Waals surface area contributed by atoms with Crippen molar-refractivity contribution in [2.24, 2.45) is 0 Å². The molecule has 2 aromatic rings. The standard InChI is InChI=1S/C20H23FN2O4S/c1-2-11-28(25,26)23-10-9-15-3-6-18(12-16(15)13-23)22-20(24)14-27-19-7-4-17(21)5-8-19/h3-8,12H,2,9-11,13-14H2,1H3,(H,22,24). The van der Waals surface area contributed by atoms with Crippen molar-refractivity contribution in [2.75, 3.05) is 24.2 Å². The minimum absolute atomic E-state index is 0.138. The Kier molecular flexibility index (Phi) is 6.31. The molecule has 2 aromatic carbocycles. The highest BCUT2D eigenvalue weighted by molar-refractivity contribution is 7.89. The third-order valence-corrected chi connectivity index (χ3v) is 6.53. The molecule has 6 nitrogen and oxygen atoms in total. The molecule has 0 aromatic heterocycles. The fourth-order valence-corrected chi connectivity index (χ4v) is 4.59. The lowest BCUT2D eigenvalue weighted by molar-refractivity contribution is -0.118. The lowest BCUT2D eigenvalue weighted by Gasteiger charge is -2.28. The fraction of sp³-hybridized carbons (Fsp3) is 0.350. The first kappa shape index (κ1) is 20.3. The van der Waals surface area contributed by atoms with E-state index in [0.717, 1.165) is 11.1 Å². The van der Waals surface area contributed by atoms with Crippen LogP contribution in [0, 0.1) is 5.82 Å². The molecule has 1 N–H and O–H groups in total. The molecule has 0 atom stereocenters. The van der Waals surface area contributed by atoms with E-state index in [1.54, 1.807) is 12.1 Å². The second kappa shape index (κ2) is 8.70. The summed E-state index contributed by atoms with van der Waals surface area (Å²) in [5.41, 5.74) is 2.56. The largest absolute Gasteiger partial charge is 0.484 e. The summed E-state index contributed by atoms with van der Waals surface area (Å²) in [6, 6.07) is 10.9. The van der Waals surface area contributed by atoms with Gasteiger partial charge in [0.1, 0.15) is 11.6 Å². The van der Waals surface area contributed by atoms with Crippen molar-refractivity contribution in [3.05, 3.63) is 59.4 Å². The Morgan fingerprint density at radius 2 is 1.93 bits per heavy atom. The van der Waals surface area contributed by atoms with Gasteiger partial charge in [-0.15, -0.1) is 0 Å². The molecule has 0 unspecified atom stereocenters. The number of hydrogen-bond acceptors (Lipinski definition) is 4. The topological polar surface area (TPSA) is 75.7 Å². The van der Waals surface area contributed by atoms with Crippen LogP contribution in [0.1, 0.15) is 24.5 Å². The number of nitrogens with one attached hydrogen (secondary N) is 1. The summed E-state index contributed by atoms with van der Waals surface area (Å²) in [7, 11) is -3.26. The summed E-state index contributed by atoms with van der Waals surface area (Å²) in [4.78, 5) is 12.1. The van der Waals surface area contributed by atoms with Crippen LogP contribution >= 0.6 is 0 Å². The summed E-state index contributed by atoms with van der Waals surface area (Å²) < 4.78 is 44.3. The van der Waals surface area contributed by atoms with Gasteiger partial charge in [0.05, 0.1) is 5.75 Å². The average Bonchev–Trinajstić information content (AvgIpc) is 2.67. The Balaban J connectivity index is 1.61. The van der Waals surface area contributed by atoms with Crippen LogP contribution in [0.25, 0.3) is 0 Å². The molecule has 1 aliphatic heterocycles. The summed E-state index contributed by atoms with van der Waals surface area (Å²) in [5.74, 6) is -0.186. The fourth-order valence-electron chi connectivity index (χ4n) is 3.11. The van der Waals surface area contributed by atoms with Crippen molar-refractivity contribution in [3.8, 4) is 5.75 Å². The highest BCUT2D eigenvalue weighted by atomic mass is 32.2. The zero-order valence-electron chi connectivity index (χ0n) is 15.7. The van der Waals surface area contributed by atoms with E-state index in [1.165, 1.54) is 28.6 Å². The number of benzene rings is 2. The number of sulfonamides is 1. The van der Waals surface area contributed by atoms with E-state index in [9.17, 15) is 17.6 Å². The van der Waals surface area contributed by atoms with Crippen LogP contribution in [0.15, 0.2) is 42.5 Å². The van der Waals surface area contributed by atoms with E-state index in [2.05, 4.69) is 5.32 Å². The number of rotatable bonds is 7. The van der Waals surface area contributed by atoms with E-state index in [4.69, 9.17) is 4.74 Å². The summed E-state index contributed by atoms with van der Waals surface area (Å²) in [6.07, 6.45) is 1.23. The van der Waals surface area contributed by atoms with Gasteiger partial charge < -0.3 is 10.1 Å². The Morgan fingerprint density at radius 1 is 1.18 bits per heavy atom. The van der Waals surface area contributed by atoms with E-state index in [0.29, 0.717) is 37.4 Å². The number of anilines is 1. The molecular formula is C20H23FN2O4S. The van der Waals surface area contributed by atoms with Gasteiger partial charge in [-0.3, -0.25) is 4.79 Å². The molecule has 0 saturated heterocycles. The third kappa shape index (κ3) is 5.08. The number of amides is 1. The molecule has 0 saturated carbocycles. The summed E-state index contributed by atoms with van der Waals surface area (Å²) >= 11 is 0. The number of fused-ring (bicyclic) bond motifs is 1. The summed E-state index contributed by atoms with van der Waals surface area (Å²) in [6.45, 7) is 2.43. The Morgan fingerprint density at radius 3 is 2.64 bits per heavy atom. The molecule has 1 heterocycles. The molecular weight excluding hydrogens is 383 g/mol. The molecule has 150 valence electrons. The predicted molar refractivity (Wildman–Crippen MR) is 105 cm³/mol. The first-order valence-electron chi connectivity index (χ1n) is 9.15. The normalized spacial score (nSPS) is 14.4. The van der Waals surface area contributed by atoms with Crippen molar-refractivity contribution in [3.63, 3.8) is 0 Å². The van der Waals surface area contributed by atoms with Gasteiger partial charge in [0.2, 0.25) is 10.0 Å². The molecule has 1 aliphatic rings. The molecule has 0 bridgehead atoms. The number of ether oxygens (including phenoxy) is 1. The first-order valence-corrected chi connectivity index (χ1v) is 10.8. The van der Waals surface area contributed by atoms with Gasteiger partial charge in [-0.2, -0.15) is 4.31 Å². The lowest BCUT2D eigenvalue weighted by atomic mass is 10.0. The van der Waals surface area contributed by atoms with Crippen LogP contribution in [0.3, 0.4) is 0 Å². The number of nitrogens with zero attached hydrogens (tertiary/aromatic N) is 1. The van der Waals surface area contributed by atoms with Gasteiger partial charge in [-0.25, -0.2) is 12.8 Å². The first-order chi connectivity index (χ1) is 13.4. The molecule has 3 rings (SSSR count). The zero-order chi connectivity index (χ0) is 20.1. The van der Waals surface area contributed by atoms with Crippen LogP contribution in [0.2, 0.25) is 0 Å². The zero-order valence-corrected chi connectivity index (χ0v) is 16.5. The van der Waals surface area contributed by atoms with Crippen LogP contribution in [0.4, 0.5) is 10.1 Å². The molecule has 28 heavy (non-hydrogen) atoms. The van der Waals surface area contributed by atoms with Gasteiger partial charge in [0, 0.05) is 18.8 Å². The molecule has 0 spiro atoms. The van der Waals surface area contributed by atoms with Crippen LogP contribution in [-0.4, -0.2) is 37.5 Å². The second-order valence-corrected chi connectivity index (χ2v) is 8.76. The van der Waals surface area contributed by atoms with Gasteiger partial charge in [0.15, 0.2) is 6.61 Å². The molecule has 8 heteroatoms. The number of halogens is 1. The SMILES string of the molecule is CCCS(=O)(=O)N1CCc2ccc(NC(=O)COc3ccc(F)cc3)cc2C1. The maximum absolute atomic E-state index is 12.9. The van der Waals surface area contributed by atoms with E-state index >= 15 is 0 Å². The third-order valence-electron chi connectivity index (χ3n) is 4.51. The van der Waals surface area contributed by atoms with Gasteiger partial charge >= 0.3 is 0 Å². The summed E-state index contributed by atoms with van der Waals surface area (Å²) in [5, 5.41) is 2.75. The Hall–Kier alpha value is -2.45. The van der Waals surface area contributed by atoms with Crippen LogP contribution in [0.5, 0.6) is 5.75 Å². The Bertz CT molecular complexity index is 945. The number of hydrogen-bond donors (Lipinski definition) is 1. The van der Waals surface area contributed by atoms with Crippen LogP contribution in [-0.2, 0) is 27.8 Å². The van der Waals surface area contributed by atoms with Gasteiger partial charge in [-0.05, 0) is 60.4 Å². The maximum atomic E-state index is 12.9. The molecule has 1 amide bonds. The average molecular weight is 406 g/mol. The minimum Gasteiger partial charge on any atom is -0.484 e. The highest BCUT2D eigenvalue weighted by Gasteiger charge is 2.26. The molecule has 0 aliphatic carbocycles. The van der Waals surface area contributed by atoms with Crippen molar-refractivity contribution >= 4 is 21.6 Å². The van der Waals surface area contributed by atoms with Crippen molar-refractivity contribution in [2.45, 2.75) is 26.3 Å². The Labute approximate surface area is 164 Å². The highest BCUT2D eigenvalue weighted by Crippen LogP contribution is 2.25. The van der Waals surface area contributed by atoms with Gasteiger partial charge in [0.25, 0.3) is 5.91 Å². The monoisotopic (exact) mass is 406 g/mol.